The van der Waals surface area contributed by atoms with Crippen molar-refractivity contribution in [2.45, 2.75) is 167 Å². The van der Waals surface area contributed by atoms with Crippen molar-refractivity contribution in [1.82, 2.24) is 0 Å². The molecule has 0 aromatic carbocycles. The Morgan fingerprint density at radius 3 is 1.25 bits per heavy atom. The van der Waals surface area contributed by atoms with Gasteiger partial charge in [-0.25, -0.2) is 0 Å². The van der Waals surface area contributed by atoms with E-state index in [1.54, 1.807) is 0 Å². The van der Waals surface area contributed by atoms with Gasteiger partial charge in [0, 0.05) is 12.8 Å². The van der Waals surface area contributed by atoms with Crippen LogP contribution in [-0.2, 0) is 33.3 Å². The third-order valence-electron chi connectivity index (χ3n) is 9.91. The maximum atomic E-state index is 12.8. The minimum Gasteiger partial charge on any atom is -0.545 e. The third kappa shape index (κ3) is 49.2. The fourth-order valence-electron chi connectivity index (χ4n) is 6.06. The van der Waals surface area contributed by atoms with E-state index in [4.69, 9.17) is 18.9 Å². The van der Waals surface area contributed by atoms with Crippen molar-refractivity contribution in [3.05, 3.63) is 134 Å². The minimum absolute atomic E-state index is 0.111. The molecule has 0 radical (unpaired) electrons. The van der Waals surface area contributed by atoms with Crippen molar-refractivity contribution in [3.8, 4) is 0 Å². The molecule has 0 aliphatic rings. The number of esters is 2. The molecule has 0 saturated carbocycles. The number of carbonyl (C=O) groups excluding carboxylic acids is 3. The highest BCUT2D eigenvalue weighted by atomic mass is 16.7. The van der Waals surface area contributed by atoms with Gasteiger partial charge in [0.25, 0.3) is 0 Å². The Bertz CT molecular complexity index is 1550. The monoisotopic (exact) mass is 930 g/mol. The molecule has 2 atom stereocenters. The molecule has 0 aliphatic carbocycles. The number of carboxylic acids is 1. The maximum Gasteiger partial charge on any atom is 0.306 e. The Balaban J connectivity index is 4.50. The van der Waals surface area contributed by atoms with Gasteiger partial charge in [-0.2, -0.15) is 0 Å². The first-order valence-corrected chi connectivity index (χ1v) is 25.3. The number of unbranched alkanes of at least 4 members (excludes halogenated alkanes) is 7. The average molecular weight is 930 g/mol. The van der Waals surface area contributed by atoms with Gasteiger partial charge in [0.1, 0.15) is 13.2 Å². The van der Waals surface area contributed by atoms with Crippen molar-refractivity contribution in [2.24, 2.45) is 0 Å². The van der Waals surface area contributed by atoms with Crippen LogP contribution in [0.2, 0.25) is 0 Å². The Hall–Kier alpha value is -4.57. The van der Waals surface area contributed by atoms with Gasteiger partial charge in [-0.05, 0) is 96.3 Å². The summed E-state index contributed by atoms with van der Waals surface area (Å²) in [6.07, 6.45) is 65.0. The molecule has 0 aromatic heterocycles. The Morgan fingerprint density at radius 1 is 0.448 bits per heavy atom. The van der Waals surface area contributed by atoms with E-state index >= 15 is 0 Å². The number of aliphatic carboxylic acids is 1. The van der Waals surface area contributed by atoms with Crippen LogP contribution in [0.4, 0.5) is 0 Å². The van der Waals surface area contributed by atoms with E-state index in [0.717, 1.165) is 96.3 Å². The molecule has 0 N–H and O–H groups in total. The van der Waals surface area contributed by atoms with Crippen LogP contribution in [0.15, 0.2) is 134 Å². The normalized spacial score (nSPS) is 14.0. The summed E-state index contributed by atoms with van der Waals surface area (Å²) in [7, 11) is 5.87. The van der Waals surface area contributed by atoms with E-state index < -0.39 is 30.3 Å². The first kappa shape index (κ1) is 62.4. The van der Waals surface area contributed by atoms with Crippen molar-refractivity contribution >= 4 is 17.9 Å². The number of carbonyl (C=O) groups is 3. The standard InChI is InChI=1S/C58H91NO8/c1-6-8-10-12-14-16-18-20-22-24-26-27-28-29-31-32-34-36-38-40-42-44-46-48-55(60)65-52-54(53-66-58(57(62)63)64-51-50-59(3,4)5)67-56(61)49-47-45-43-41-39-37-35-33-30-25-23-21-19-17-15-13-11-9-7-2/h8-11,14-17,20-23,26-27,29-31,33,37,39,43,45,54,58H,6-7,12-13,18-19,24-25,28,32,34-36,38,40-42,44,46-53H2,1-5H3/b10-8-,11-9-,16-14-,17-15-,22-20-,23-21-,27-26-,31-29-,33-30-,39-37-,45-43-. The van der Waals surface area contributed by atoms with Crippen LogP contribution in [0.25, 0.3) is 0 Å². The molecule has 0 rings (SSSR count). The van der Waals surface area contributed by atoms with Crippen molar-refractivity contribution in [3.63, 3.8) is 0 Å². The number of hydrogen-bond donors (Lipinski definition) is 0. The smallest absolute Gasteiger partial charge is 0.306 e. The van der Waals surface area contributed by atoms with Gasteiger partial charge in [0.2, 0.25) is 0 Å². The molecule has 376 valence electrons. The fraction of sp³-hybridized carbons (Fsp3) is 0.569. The van der Waals surface area contributed by atoms with E-state index in [-0.39, 0.29) is 32.7 Å². The van der Waals surface area contributed by atoms with Gasteiger partial charge in [-0.3, -0.25) is 9.59 Å². The lowest BCUT2D eigenvalue weighted by atomic mass is 10.1. The highest BCUT2D eigenvalue weighted by molar-refractivity contribution is 5.70. The number of rotatable bonds is 44. The molecule has 0 amide bonds. The molecule has 0 heterocycles. The maximum absolute atomic E-state index is 12.8. The summed E-state index contributed by atoms with van der Waals surface area (Å²) in [6, 6.07) is 0. The third-order valence-corrected chi connectivity index (χ3v) is 9.91. The lowest BCUT2D eigenvalue weighted by molar-refractivity contribution is -0.870. The van der Waals surface area contributed by atoms with E-state index in [2.05, 4.69) is 135 Å². The highest BCUT2D eigenvalue weighted by Gasteiger charge is 2.21. The van der Waals surface area contributed by atoms with E-state index in [9.17, 15) is 19.5 Å². The van der Waals surface area contributed by atoms with Crippen molar-refractivity contribution in [2.75, 3.05) is 47.5 Å². The number of hydrogen-bond acceptors (Lipinski definition) is 8. The van der Waals surface area contributed by atoms with Crippen LogP contribution in [-0.4, -0.2) is 82.3 Å². The fourth-order valence-corrected chi connectivity index (χ4v) is 6.06. The first-order valence-electron chi connectivity index (χ1n) is 25.3. The molecule has 9 heteroatoms. The summed E-state index contributed by atoms with van der Waals surface area (Å²) in [5.41, 5.74) is 0. The minimum atomic E-state index is -1.65. The molecule has 9 nitrogen and oxygen atoms in total. The van der Waals surface area contributed by atoms with Gasteiger partial charge < -0.3 is 33.3 Å². The summed E-state index contributed by atoms with van der Waals surface area (Å²) in [6.45, 7) is 4.38. The quantitative estimate of drug-likeness (QED) is 0.0195. The molecule has 67 heavy (non-hydrogen) atoms. The lowest BCUT2D eigenvalue weighted by Crippen LogP contribution is -2.44. The van der Waals surface area contributed by atoms with Crippen molar-refractivity contribution < 1.29 is 42.9 Å². The molecule has 2 unspecified atom stereocenters. The van der Waals surface area contributed by atoms with Crippen LogP contribution >= 0.6 is 0 Å². The molecular formula is C58H91NO8. The molecule has 0 fully saturated rings. The summed E-state index contributed by atoms with van der Waals surface area (Å²) < 4.78 is 22.5. The Morgan fingerprint density at radius 2 is 0.836 bits per heavy atom. The largest absolute Gasteiger partial charge is 0.545 e. The Labute approximate surface area is 408 Å². The first-order chi connectivity index (χ1) is 32.6. The van der Waals surface area contributed by atoms with Crippen LogP contribution in [0.1, 0.15) is 155 Å². The lowest BCUT2D eigenvalue weighted by Gasteiger charge is -2.26. The highest BCUT2D eigenvalue weighted by Crippen LogP contribution is 2.12. The average Bonchev–Trinajstić information content (AvgIpc) is 3.29. The van der Waals surface area contributed by atoms with Crippen molar-refractivity contribution in [1.29, 1.82) is 0 Å². The summed E-state index contributed by atoms with van der Waals surface area (Å²) in [4.78, 5) is 37.1. The topological polar surface area (TPSA) is 111 Å². The van der Waals surface area contributed by atoms with E-state index in [1.807, 2.05) is 33.3 Å². The summed E-state index contributed by atoms with van der Waals surface area (Å²) >= 11 is 0. The zero-order valence-corrected chi connectivity index (χ0v) is 42.5. The van der Waals surface area contributed by atoms with Crippen LogP contribution in [0, 0.1) is 0 Å². The number of nitrogens with zero attached hydrogens (tertiary/aromatic N) is 1. The number of allylic oxidation sites excluding steroid dienone is 22. The SMILES string of the molecule is CC/C=C\C/C=C\C/C=C\C/C=C\C/C=C\C/C=C\CCC(=O)OC(COC(=O)CCCCCCCCC/C=C\C/C=C\C/C=C\C/C=C\C/C=C\CC)COC(OCC[N+](C)(C)C)C(=O)[O-]. The molecular weight excluding hydrogens is 839 g/mol. The number of likely N-dealkylation sites (N-methyl/N-ethyl adjacent to an activating group) is 1. The second kappa shape index (κ2) is 47.9. The molecule has 0 spiro atoms. The van der Waals surface area contributed by atoms with Gasteiger partial charge in [-0.1, -0.05) is 180 Å². The van der Waals surface area contributed by atoms with Gasteiger partial charge in [0.05, 0.1) is 40.3 Å². The Kier molecular flexibility index (Phi) is 44.6. The zero-order valence-electron chi connectivity index (χ0n) is 42.5. The molecule has 0 saturated heterocycles. The van der Waals surface area contributed by atoms with Crippen LogP contribution < -0.4 is 5.11 Å². The number of quaternary nitrogens is 1. The summed E-state index contributed by atoms with van der Waals surface area (Å²) in [5.74, 6) is -2.43. The van der Waals surface area contributed by atoms with Gasteiger partial charge in [-0.15, -0.1) is 0 Å². The molecule has 0 aromatic rings. The molecule has 0 aliphatic heterocycles. The van der Waals surface area contributed by atoms with Crippen LogP contribution in [0.5, 0.6) is 0 Å². The predicted molar refractivity (Wildman–Crippen MR) is 278 cm³/mol. The number of ether oxygens (including phenoxy) is 4. The molecule has 0 bridgehead atoms. The predicted octanol–water partition coefficient (Wildman–Crippen LogP) is 13.0. The van der Waals surface area contributed by atoms with Gasteiger partial charge >= 0.3 is 11.9 Å². The second-order valence-electron chi connectivity index (χ2n) is 17.3. The van der Waals surface area contributed by atoms with Gasteiger partial charge in [0.15, 0.2) is 12.4 Å². The van der Waals surface area contributed by atoms with E-state index in [1.165, 1.54) is 19.3 Å². The zero-order chi connectivity index (χ0) is 49.2. The van der Waals surface area contributed by atoms with E-state index in [0.29, 0.717) is 23.9 Å². The van der Waals surface area contributed by atoms with Crippen LogP contribution in [0.3, 0.4) is 0 Å². The second-order valence-corrected chi connectivity index (χ2v) is 17.3. The summed E-state index contributed by atoms with van der Waals surface area (Å²) in [5, 5.41) is 11.7. The number of carboxylic acid groups (broad SMARTS) is 1.